The van der Waals surface area contributed by atoms with E-state index in [-0.39, 0.29) is 11.6 Å². The molecule has 0 bridgehead atoms. The predicted octanol–water partition coefficient (Wildman–Crippen LogP) is 3.25. The van der Waals surface area contributed by atoms with Gasteiger partial charge in [-0.1, -0.05) is 26.0 Å². The van der Waals surface area contributed by atoms with Crippen molar-refractivity contribution in [2.24, 2.45) is 5.92 Å². The predicted molar refractivity (Wildman–Crippen MR) is 79.2 cm³/mol. The Morgan fingerprint density at radius 1 is 1.30 bits per heavy atom. The largest absolute Gasteiger partial charge is 0.478 e. The maximum absolute atomic E-state index is 11.8. The number of carbonyl (C=O) groups is 2. The lowest BCUT2D eigenvalue weighted by Gasteiger charge is -2.12. The zero-order valence-corrected chi connectivity index (χ0v) is 12.2. The fourth-order valence-electron chi connectivity index (χ4n) is 1.88. The second-order valence-corrected chi connectivity index (χ2v) is 5.22. The van der Waals surface area contributed by atoms with E-state index < -0.39 is 5.97 Å². The first-order valence-corrected chi connectivity index (χ1v) is 6.79. The minimum atomic E-state index is -1.05. The van der Waals surface area contributed by atoms with Gasteiger partial charge in [-0.15, -0.1) is 0 Å². The van der Waals surface area contributed by atoms with Crippen LogP contribution in [-0.4, -0.2) is 23.7 Å². The van der Waals surface area contributed by atoms with Crippen molar-refractivity contribution in [3.05, 3.63) is 29.3 Å². The number of carboxylic acid groups (broad SMARTS) is 1. The number of aromatic carboxylic acids is 1. The average Bonchev–Trinajstić information content (AvgIpc) is 2.36. The third kappa shape index (κ3) is 4.91. The van der Waals surface area contributed by atoms with Crippen molar-refractivity contribution >= 4 is 17.7 Å². The number of hydrogen-bond acceptors (Lipinski definition) is 2. The van der Waals surface area contributed by atoms with Gasteiger partial charge in [0.15, 0.2) is 0 Å². The van der Waals surface area contributed by atoms with Crippen LogP contribution in [-0.2, 0) is 0 Å². The summed E-state index contributed by atoms with van der Waals surface area (Å²) in [5.74, 6) is -0.446. The van der Waals surface area contributed by atoms with Crippen molar-refractivity contribution in [3.8, 4) is 0 Å². The van der Waals surface area contributed by atoms with Gasteiger partial charge in [0.1, 0.15) is 0 Å². The number of anilines is 1. The fourth-order valence-corrected chi connectivity index (χ4v) is 1.88. The molecule has 0 fully saturated rings. The maximum atomic E-state index is 11.8. The van der Waals surface area contributed by atoms with E-state index in [2.05, 4.69) is 24.5 Å². The number of nitrogens with one attached hydrogen (secondary N) is 2. The lowest BCUT2D eigenvalue weighted by molar-refractivity contribution is 0.0698. The Morgan fingerprint density at radius 3 is 2.60 bits per heavy atom. The SMILES string of the molecule is Cc1cccc(C(=O)O)c1NC(=O)NCCCC(C)C. The highest BCUT2D eigenvalue weighted by atomic mass is 16.4. The molecule has 0 saturated carbocycles. The summed E-state index contributed by atoms with van der Waals surface area (Å²) in [6.45, 7) is 6.61. The highest BCUT2D eigenvalue weighted by molar-refractivity contribution is 6.00. The van der Waals surface area contributed by atoms with Gasteiger partial charge in [-0.25, -0.2) is 9.59 Å². The van der Waals surface area contributed by atoms with Gasteiger partial charge in [-0.2, -0.15) is 0 Å². The first kappa shape index (κ1) is 16.0. The Kier molecular flexibility index (Phi) is 6.03. The van der Waals surface area contributed by atoms with Crippen LogP contribution in [0.25, 0.3) is 0 Å². The Bertz CT molecular complexity index is 484. The van der Waals surface area contributed by atoms with Crippen LogP contribution < -0.4 is 10.6 Å². The van der Waals surface area contributed by atoms with Crippen molar-refractivity contribution in [2.75, 3.05) is 11.9 Å². The molecule has 0 aliphatic heterocycles. The highest BCUT2D eigenvalue weighted by Crippen LogP contribution is 2.20. The van der Waals surface area contributed by atoms with E-state index in [1.54, 1.807) is 19.1 Å². The molecule has 0 radical (unpaired) electrons. The van der Waals surface area contributed by atoms with Gasteiger partial charge >= 0.3 is 12.0 Å². The van der Waals surface area contributed by atoms with Crippen molar-refractivity contribution in [1.82, 2.24) is 5.32 Å². The summed E-state index contributed by atoms with van der Waals surface area (Å²) < 4.78 is 0. The van der Waals surface area contributed by atoms with Gasteiger partial charge in [0.25, 0.3) is 0 Å². The summed E-state index contributed by atoms with van der Waals surface area (Å²) in [7, 11) is 0. The van der Waals surface area contributed by atoms with Gasteiger partial charge in [0.2, 0.25) is 0 Å². The second kappa shape index (κ2) is 7.53. The molecule has 3 N–H and O–H groups in total. The average molecular weight is 278 g/mol. The molecule has 1 aromatic carbocycles. The van der Waals surface area contributed by atoms with Gasteiger partial charge in [0, 0.05) is 6.54 Å². The Labute approximate surface area is 119 Å². The molecule has 0 atom stereocenters. The monoisotopic (exact) mass is 278 g/mol. The zero-order valence-electron chi connectivity index (χ0n) is 12.2. The number of para-hydroxylation sites is 1. The van der Waals surface area contributed by atoms with E-state index in [9.17, 15) is 9.59 Å². The molecule has 20 heavy (non-hydrogen) atoms. The van der Waals surface area contributed by atoms with E-state index in [1.165, 1.54) is 6.07 Å². The minimum Gasteiger partial charge on any atom is -0.478 e. The summed E-state index contributed by atoms with van der Waals surface area (Å²) in [5, 5.41) is 14.5. The number of hydrogen-bond donors (Lipinski definition) is 3. The van der Waals surface area contributed by atoms with Crippen molar-refractivity contribution in [3.63, 3.8) is 0 Å². The number of urea groups is 1. The van der Waals surface area contributed by atoms with Crippen LogP contribution in [0.1, 0.15) is 42.6 Å². The highest BCUT2D eigenvalue weighted by Gasteiger charge is 2.14. The quantitative estimate of drug-likeness (QED) is 0.699. The molecule has 5 heteroatoms. The fraction of sp³-hybridized carbons (Fsp3) is 0.467. The Balaban J connectivity index is 2.60. The van der Waals surface area contributed by atoms with E-state index in [0.717, 1.165) is 18.4 Å². The van der Waals surface area contributed by atoms with Crippen LogP contribution in [0.4, 0.5) is 10.5 Å². The summed E-state index contributed by atoms with van der Waals surface area (Å²) in [5.41, 5.74) is 1.17. The molecule has 0 saturated heterocycles. The molecular weight excluding hydrogens is 256 g/mol. The van der Waals surface area contributed by atoms with Crippen molar-refractivity contribution < 1.29 is 14.7 Å². The standard InChI is InChI=1S/C15H22N2O3/c1-10(2)6-5-9-16-15(20)17-13-11(3)7-4-8-12(13)14(18)19/h4,7-8,10H,5-6,9H2,1-3H3,(H,18,19)(H2,16,17,20). The second-order valence-electron chi connectivity index (χ2n) is 5.22. The van der Waals surface area contributed by atoms with Gasteiger partial charge in [-0.05, 0) is 37.3 Å². The van der Waals surface area contributed by atoms with Crippen molar-refractivity contribution in [2.45, 2.75) is 33.6 Å². The lowest BCUT2D eigenvalue weighted by Crippen LogP contribution is -2.30. The Hall–Kier alpha value is -2.04. The molecule has 0 unspecified atom stereocenters. The maximum Gasteiger partial charge on any atom is 0.337 e. The third-order valence-corrected chi connectivity index (χ3v) is 2.99. The van der Waals surface area contributed by atoms with Crippen LogP contribution in [0.15, 0.2) is 18.2 Å². The van der Waals surface area contributed by atoms with E-state index in [0.29, 0.717) is 18.2 Å². The van der Waals surface area contributed by atoms with Crippen LogP contribution >= 0.6 is 0 Å². The number of benzene rings is 1. The molecule has 5 nitrogen and oxygen atoms in total. The molecule has 0 aliphatic carbocycles. The van der Waals surface area contributed by atoms with Gasteiger partial charge in [0.05, 0.1) is 11.3 Å². The summed E-state index contributed by atoms with van der Waals surface area (Å²) >= 11 is 0. The van der Waals surface area contributed by atoms with E-state index in [1.807, 2.05) is 0 Å². The van der Waals surface area contributed by atoms with E-state index in [4.69, 9.17) is 5.11 Å². The number of carboxylic acids is 1. The van der Waals surface area contributed by atoms with Crippen LogP contribution in [0.3, 0.4) is 0 Å². The third-order valence-electron chi connectivity index (χ3n) is 2.99. The van der Waals surface area contributed by atoms with Crippen LogP contribution in [0.5, 0.6) is 0 Å². The van der Waals surface area contributed by atoms with Gasteiger partial charge in [-0.3, -0.25) is 0 Å². The number of carbonyl (C=O) groups excluding carboxylic acids is 1. The minimum absolute atomic E-state index is 0.0994. The number of aryl methyl sites for hydroxylation is 1. The zero-order chi connectivity index (χ0) is 15.1. The molecule has 2 amide bonds. The van der Waals surface area contributed by atoms with Crippen molar-refractivity contribution in [1.29, 1.82) is 0 Å². The normalized spacial score (nSPS) is 10.4. The smallest absolute Gasteiger partial charge is 0.337 e. The summed E-state index contributed by atoms with van der Waals surface area (Å²) in [6, 6.07) is 4.53. The molecule has 0 aromatic heterocycles. The van der Waals surface area contributed by atoms with Crippen LogP contribution in [0.2, 0.25) is 0 Å². The molecule has 1 rings (SSSR count). The first-order valence-electron chi connectivity index (χ1n) is 6.79. The number of amides is 2. The topological polar surface area (TPSA) is 78.4 Å². The molecule has 110 valence electrons. The molecule has 1 aromatic rings. The molecule has 0 spiro atoms. The summed E-state index contributed by atoms with van der Waals surface area (Å²) in [4.78, 5) is 22.9. The first-order chi connectivity index (χ1) is 9.41. The molecule has 0 heterocycles. The number of rotatable bonds is 6. The van der Waals surface area contributed by atoms with E-state index >= 15 is 0 Å². The molecular formula is C15H22N2O3. The summed E-state index contributed by atoms with van der Waals surface area (Å²) in [6.07, 6.45) is 1.95. The van der Waals surface area contributed by atoms with Crippen LogP contribution in [0, 0.1) is 12.8 Å². The Morgan fingerprint density at radius 2 is 2.00 bits per heavy atom. The molecule has 0 aliphatic rings. The lowest BCUT2D eigenvalue weighted by atomic mass is 10.1. The van der Waals surface area contributed by atoms with Gasteiger partial charge < -0.3 is 15.7 Å².